The Morgan fingerprint density at radius 2 is 1.88 bits per heavy atom. The van der Waals surface area contributed by atoms with Gasteiger partial charge in [-0.15, -0.1) is 0 Å². The third-order valence-corrected chi connectivity index (χ3v) is 3.22. The first kappa shape index (κ1) is 15.3. The van der Waals surface area contributed by atoms with Crippen LogP contribution in [0.5, 0.6) is 5.75 Å². The predicted octanol–water partition coefficient (Wildman–Crippen LogP) is 1.36. The standard InChI is InChI=1S/C16H13N3O5/c20-11-3-1-2-9(6-11)15(22)24-8-14(21)17-10-4-5-12-13(7-10)19-16(23)18-12/h1-7,20H,8H2,(H,17,21)(H2,18,19,23). The van der Waals surface area contributed by atoms with Gasteiger partial charge in [-0.2, -0.15) is 0 Å². The minimum atomic E-state index is -0.716. The van der Waals surface area contributed by atoms with E-state index in [0.29, 0.717) is 16.7 Å². The Balaban J connectivity index is 1.60. The zero-order valence-corrected chi connectivity index (χ0v) is 12.3. The van der Waals surface area contributed by atoms with E-state index in [1.807, 2.05) is 0 Å². The molecule has 0 atom stereocenters. The summed E-state index contributed by atoms with van der Waals surface area (Å²) >= 11 is 0. The zero-order valence-electron chi connectivity index (χ0n) is 12.3. The quantitative estimate of drug-likeness (QED) is 0.539. The molecule has 0 aliphatic carbocycles. The van der Waals surface area contributed by atoms with Gasteiger partial charge >= 0.3 is 11.7 Å². The molecule has 1 amide bonds. The number of carbonyl (C=O) groups is 2. The van der Waals surface area contributed by atoms with E-state index in [-0.39, 0.29) is 17.0 Å². The van der Waals surface area contributed by atoms with Crippen LogP contribution in [-0.4, -0.2) is 33.6 Å². The third-order valence-electron chi connectivity index (χ3n) is 3.22. The number of fused-ring (bicyclic) bond motifs is 1. The Kier molecular flexibility index (Phi) is 4.02. The maximum atomic E-state index is 11.8. The lowest BCUT2D eigenvalue weighted by Gasteiger charge is -2.07. The number of rotatable bonds is 4. The fraction of sp³-hybridized carbons (Fsp3) is 0.0625. The molecule has 0 unspecified atom stereocenters. The van der Waals surface area contributed by atoms with Crippen molar-refractivity contribution in [3.05, 3.63) is 58.5 Å². The summed E-state index contributed by atoms with van der Waals surface area (Å²) in [6.45, 7) is -0.476. The van der Waals surface area contributed by atoms with Crippen LogP contribution in [0, 0.1) is 0 Å². The summed E-state index contributed by atoms with van der Waals surface area (Å²) in [7, 11) is 0. The summed E-state index contributed by atoms with van der Waals surface area (Å²) in [6.07, 6.45) is 0. The van der Waals surface area contributed by atoms with Gasteiger partial charge in [0.25, 0.3) is 5.91 Å². The van der Waals surface area contributed by atoms with Gasteiger partial charge in [-0.05, 0) is 36.4 Å². The largest absolute Gasteiger partial charge is 0.508 e. The Labute approximate surface area is 135 Å². The molecule has 24 heavy (non-hydrogen) atoms. The number of anilines is 1. The minimum Gasteiger partial charge on any atom is -0.508 e. The van der Waals surface area contributed by atoms with E-state index in [4.69, 9.17) is 4.74 Å². The van der Waals surface area contributed by atoms with Crippen molar-refractivity contribution in [3.63, 3.8) is 0 Å². The van der Waals surface area contributed by atoms with Gasteiger partial charge in [0, 0.05) is 5.69 Å². The Bertz CT molecular complexity index is 973. The maximum absolute atomic E-state index is 11.8. The lowest BCUT2D eigenvalue weighted by atomic mass is 10.2. The molecule has 4 N–H and O–H groups in total. The van der Waals surface area contributed by atoms with E-state index in [9.17, 15) is 19.5 Å². The normalized spacial score (nSPS) is 10.5. The average Bonchev–Trinajstić information content (AvgIpc) is 2.92. The molecule has 0 aliphatic heterocycles. The number of amides is 1. The van der Waals surface area contributed by atoms with Gasteiger partial charge in [-0.1, -0.05) is 6.07 Å². The highest BCUT2D eigenvalue weighted by atomic mass is 16.5. The number of phenols is 1. The summed E-state index contributed by atoms with van der Waals surface area (Å²) in [5.41, 5.74) is 1.43. The third kappa shape index (κ3) is 3.43. The number of esters is 1. The molecule has 3 aromatic rings. The second-order valence-corrected chi connectivity index (χ2v) is 5.01. The van der Waals surface area contributed by atoms with Crippen LogP contribution < -0.4 is 11.0 Å². The van der Waals surface area contributed by atoms with Gasteiger partial charge in [0.2, 0.25) is 0 Å². The van der Waals surface area contributed by atoms with E-state index in [0.717, 1.165) is 0 Å². The number of carbonyl (C=O) groups excluding carboxylic acids is 2. The molecule has 0 spiro atoms. The van der Waals surface area contributed by atoms with Gasteiger partial charge in [0.15, 0.2) is 6.61 Å². The van der Waals surface area contributed by atoms with Gasteiger partial charge < -0.3 is 25.1 Å². The fourth-order valence-electron chi connectivity index (χ4n) is 2.15. The van der Waals surface area contributed by atoms with E-state index >= 15 is 0 Å². The molecule has 0 saturated carbocycles. The van der Waals surface area contributed by atoms with Gasteiger partial charge in [-0.3, -0.25) is 4.79 Å². The van der Waals surface area contributed by atoms with Crippen LogP contribution in [0.15, 0.2) is 47.3 Å². The number of phenolic OH excluding ortho intramolecular Hbond substituents is 1. The number of imidazole rings is 1. The number of benzene rings is 2. The predicted molar refractivity (Wildman–Crippen MR) is 85.9 cm³/mol. The molecule has 122 valence electrons. The number of H-pyrrole nitrogens is 2. The van der Waals surface area contributed by atoms with Crippen LogP contribution in [-0.2, 0) is 9.53 Å². The Morgan fingerprint density at radius 3 is 2.67 bits per heavy atom. The second-order valence-electron chi connectivity index (χ2n) is 5.01. The van der Waals surface area contributed by atoms with Crippen LogP contribution in [0.3, 0.4) is 0 Å². The molecule has 3 rings (SSSR count). The molecule has 2 aromatic carbocycles. The lowest BCUT2D eigenvalue weighted by molar-refractivity contribution is -0.119. The molecule has 0 bridgehead atoms. The summed E-state index contributed by atoms with van der Waals surface area (Å²) in [4.78, 5) is 40.0. The summed E-state index contributed by atoms with van der Waals surface area (Å²) in [6, 6.07) is 10.5. The minimum absolute atomic E-state index is 0.0669. The first-order valence-corrected chi connectivity index (χ1v) is 6.99. The zero-order chi connectivity index (χ0) is 17.1. The molecule has 0 aliphatic rings. The number of hydrogen-bond acceptors (Lipinski definition) is 5. The molecule has 1 heterocycles. The Morgan fingerprint density at radius 1 is 1.08 bits per heavy atom. The molecule has 0 radical (unpaired) electrons. The van der Waals surface area contributed by atoms with Gasteiger partial charge in [-0.25, -0.2) is 9.59 Å². The highest BCUT2D eigenvalue weighted by Gasteiger charge is 2.11. The molecule has 0 fully saturated rings. The van der Waals surface area contributed by atoms with E-state index in [1.54, 1.807) is 18.2 Å². The van der Waals surface area contributed by atoms with Crippen molar-refractivity contribution < 1.29 is 19.4 Å². The van der Waals surface area contributed by atoms with Crippen molar-refractivity contribution in [2.45, 2.75) is 0 Å². The van der Waals surface area contributed by atoms with Crippen molar-refractivity contribution in [2.75, 3.05) is 11.9 Å². The average molecular weight is 327 g/mol. The van der Waals surface area contributed by atoms with E-state index in [2.05, 4.69) is 15.3 Å². The van der Waals surface area contributed by atoms with Crippen LogP contribution in [0.25, 0.3) is 11.0 Å². The Hall–Kier alpha value is -3.55. The van der Waals surface area contributed by atoms with Crippen molar-refractivity contribution in [2.24, 2.45) is 0 Å². The molecule has 0 saturated heterocycles. The maximum Gasteiger partial charge on any atom is 0.338 e. The van der Waals surface area contributed by atoms with Gasteiger partial charge in [0.05, 0.1) is 16.6 Å². The van der Waals surface area contributed by atoms with Crippen LogP contribution in [0.4, 0.5) is 5.69 Å². The molecule has 8 heteroatoms. The number of nitrogens with one attached hydrogen (secondary N) is 3. The van der Waals surface area contributed by atoms with Crippen LogP contribution >= 0.6 is 0 Å². The number of aromatic amines is 2. The highest BCUT2D eigenvalue weighted by Crippen LogP contribution is 2.15. The first-order valence-electron chi connectivity index (χ1n) is 6.99. The SMILES string of the molecule is O=C(COC(=O)c1cccc(O)c1)Nc1ccc2[nH]c(=O)[nH]c2c1. The summed E-state index contributed by atoms with van der Waals surface area (Å²) in [5, 5.41) is 11.9. The summed E-state index contributed by atoms with van der Waals surface area (Å²) < 4.78 is 4.88. The van der Waals surface area contributed by atoms with Crippen LogP contribution in [0.1, 0.15) is 10.4 Å². The van der Waals surface area contributed by atoms with E-state index < -0.39 is 18.5 Å². The van der Waals surface area contributed by atoms with Gasteiger partial charge in [0.1, 0.15) is 5.75 Å². The number of ether oxygens (including phenoxy) is 1. The number of hydrogen-bond donors (Lipinski definition) is 4. The number of aromatic hydroxyl groups is 1. The lowest BCUT2D eigenvalue weighted by Crippen LogP contribution is -2.20. The second kappa shape index (κ2) is 6.29. The molecule has 8 nitrogen and oxygen atoms in total. The van der Waals surface area contributed by atoms with Crippen molar-refractivity contribution in [1.29, 1.82) is 0 Å². The monoisotopic (exact) mass is 327 g/mol. The van der Waals surface area contributed by atoms with Crippen LogP contribution in [0.2, 0.25) is 0 Å². The fourth-order valence-corrected chi connectivity index (χ4v) is 2.15. The highest BCUT2D eigenvalue weighted by molar-refractivity contribution is 5.96. The number of aromatic nitrogens is 2. The molecular weight excluding hydrogens is 314 g/mol. The van der Waals surface area contributed by atoms with Crippen molar-refractivity contribution in [3.8, 4) is 5.75 Å². The summed E-state index contributed by atoms with van der Waals surface area (Å²) in [5.74, 6) is -1.31. The molecule has 1 aromatic heterocycles. The van der Waals surface area contributed by atoms with Crippen molar-refractivity contribution >= 4 is 28.6 Å². The smallest absolute Gasteiger partial charge is 0.338 e. The van der Waals surface area contributed by atoms with E-state index in [1.165, 1.54) is 24.3 Å². The first-order chi connectivity index (χ1) is 11.5. The topological polar surface area (TPSA) is 124 Å². The molecular formula is C16H13N3O5. The van der Waals surface area contributed by atoms with Crippen molar-refractivity contribution in [1.82, 2.24) is 9.97 Å².